The third-order valence-electron chi connectivity index (χ3n) is 5.08. The van der Waals surface area contributed by atoms with Crippen LogP contribution in [0.3, 0.4) is 0 Å². The first kappa shape index (κ1) is 19.2. The molecule has 0 radical (unpaired) electrons. The van der Waals surface area contributed by atoms with E-state index >= 15 is 0 Å². The number of aromatic nitrogens is 2. The average molecular weight is 437 g/mol. The molecule has 1 aromatic carbocycles. The first-order chi connectivity index (χ1) is 14.9. The number of carbonyl (C=O) groups is 2. The number of primary amides is 1. The molecule has 164 valence electrons. The molecule has 1 unspecified atom stereocenters. The van der Waals surface area contributed by atoms with Crippen LogP contribution in [0.25, 0.3) is 11.4 Å². The molecule has 0 aliphatic carbocycles. The Morgan fingerprint density at radius 1 is 1.29 bits per heavy atom. The quantitative estimate of drug-likeness (QED) is 0.713. The lowest BCUT2D eigenvalue weighted by atomic mass is 10.1. The molecule has 1 atom stereocenters. The number of nitrogens with two attached hydrogens (primary N) is 1. The first-order valence-corrected chi connectivity index (χ1v) is 9.37. The molecular formula is C18H17F2N5O6. The average Bonchev–Trinajstić information content (AvgIpc) is 3.42. The van der Waals surface area contributed by atoms with Crippen molar-refractivity contribution < 1.29 is 37.3 Å². The molecule has 0 saturated carbocycles. The van der Waals surface area contributed by atoms with Crippen molar-refractivity contribution in [3.05, 3.63) is 12.3 Å². The number of anilines is 2. The Morgan fingerprint density at radius 2 is 2.10 bits per heavy atom. The molecule has 2 amide bonds. The molecule has 11 nitrogen and oxygen atoms in total. The van der Waals surface area contributed by atoms with E-state index in [0.717, 1.165) is 4.90 Å². The third-order valence-corrected chi connectivity index (χ3v) is 5.08. The second-order valence-electron chi connectivity index (χ2n) is 7.00. The number of imidazole rings is 1. The number of carbonyl (C=O) groups excluding carboxylic acids is 2. The van der Waals surface area contributed by atoms with Crippen LogP contribution in [0.4, 0.5) is 25.1 Å². The van der Waals surface area contributed by atoms with Crippen LogP contribution in [0.15, 0.2) is 12.3 Å². The molecule has 1 aromatic heterocycles. The predicted octanol–water partition coefficient (Wildman–Crippen LogP) is 1.16. The van der Waals surface area contributed by atoms with Crippen LogP contribution >= 0.6 is 0 Å². The topological polar surface area (TPSA) is 130 Å². The molecule has 3 aliphatic rings. The van der Waals surface area contributed by atoms with E-state index in [1.54, 1.807) is 10.6 Å². The Morgan fingerprint density at radius 3 is 2.87 bits per heavy atom. The Hall–Kier alpha value is -3.77. The fourth-order valence-electron chi connectivity index (χ4n) is 3.71. The summed E-state index contributed by atoms with van der Waals surface area (Å²) >= 11 is 0. The van der Waals surface area contributed by atoms with E-state index in [0.29, 0.717) is 40.9 Å². The second kappa shape index (κ2) is 7.18. The van der Waals surface area contributed by atoms with Crippen molar-refractivity contribution in [3.8, 4) is 28.6 Å². The Labute approximate surface area is 173 Å². The van der Waals surface area contributed by atoms with Gasteiger partial charge in [-0.25, -0.2) is 23.5 Å². The normalized spacial score (nSPS) is 18.9. The minimum Gasteiger partial charge on any atom is -0.491 e. The number of hydrogen-bond donors (Lipinski definition) is 2. The van der Waals surface area contributed by atoms with Gasteiger partial charge in [0.2, 0.25) is 12.7 Å². The molecule has 4 heterocycles. The number of amides is 2. The molecule has 1 saturated heterocycles. The van der Waals surface area contributed by atoms with Crippen molar-refractivity contribution >= 4 is 23.5 Å². The molecule has 3 aliphatic heterocycles. The number of benzene rings is 1. The molecule has 5 rings (SSSR count). The van der Waals surface area contributed by atoms with Crippen LogP contribution in [0.1, 0.15) is 0 Å². The molecule has 2 aromatic rings. The maximum absolute atomic E-state index is 13.4. The highest BCUT2D eigenvalue weighted by Crippen LogP contribution is 2.52. The van der Waals surface area contributed by atoms with Gasteiger partial charge in [0.25, 0.3) is 6.43 Å². The highest BCUT2D eigenvalue weighted by atomic mass is 19.3. The lowest BCUT2D eigenvalue weighted by molar-refractivity contribution is -0.116. The summed E-state index contributed by atoms with van der Waals surface area (Å²) in [7, 11) is 0. The van der Waals surface area contributed by atoms with E-state index in [1.807, 2.05) is 0 Å². The summed E-state index contributed by atoms with van der Waals surface area (Å²) in [5, 5.41) is 2.87. The molecule has 0 bridgehead atoms. The van der Waals surface area contributed by atoms with Gasteiger partial charge in [-0.2, -0.15) is 0 Å². The number of halogens is 2. The maximum atomic E-state index is 13.4. The highest BCUT2D eigenvalue weighted by molar-refractivity contribution is 5.91. The zero-order chi connectivity index (χ0) is 21.7. The van der Waals surface area contributed by atoms with E-state index in [2.05, 4.69) is 10.3 Å². The number of cyclic esters (lactones) is 1. The molecule has 1 fully saturated rings. The lowest BCUT2D eigenvalue weighted by Gasteiger charge is -2.18. The number of nitrogens with one attached hydrogen (secondary N) is 1. The second-order valence-corrected chi connectivity index (χ2v) is 7.00. The van der Waals surface area contributed by atoms with Crippen molar-refractivity contribution in [1.29, 1.82) is 0 Å². The Kier molecular flexibility index (Phi) is 4.45. The smallest absolute Gasteiger partial charge is 0.416 e. The van der Waals surface area contributed by atoms with Crippen molar-refractivity contribution in [2.24, 2.45) is 5.73 Å². The van der Waals surface area contributed by atoms with Crippen molar-refractivity contribution in [2.45, 2.75) is 19.0 Å². The number of hydrogen-bond acceptors (Lipinski definition) is 8. The number of alkyl halides is 2. The van der Waals surface area contributed by atoms with Gasteiger partial charge >= 0.3 is 6.09 Å². The van der Waals surface area contributed by atoms with Crippen LogP contribution in [-0.2, 0) is 16.1 Å². The summed E-state index contributed by atoms with van der Waals surface area (Å²) in [6, 6.07) is 0.204. The summed E-state index contributed by atoms with van der Waals surface area (Å²) in [4.78, 5) is 28.5. The number of rotatable bonds is 5. The van der Waals surface area contributed by atoms with E-state index in [1.165, 1.54) is 6.20 Å². The van der Waals surface area contributed by atoms with Crippen LogP contribution in [0.2, 0.25) is 0 Å². The standard InChI is InChI=1S/C18H17F2N5O6/c19-16(20)9-6-29-18(27)25(9)12-5-24-1-2-28-10-3-8(22-4-11(21)26)14-15(31-7-30-14)13(10)17(24)23-12/h3,5,9,16,22H,1-2,4,6-7H2,(H2,21,26). The van der Waals surface area contributed by atoms with Crippen molar-refractivity contribution in [3.63, 3.8) is 0 Å². The van der Waals surface area contributed by atoms with E-state index in [9.17, 15) is 18.4 Å². The zero-order valence-corrected chi connectivity index (χ0v) is 16.0. The fraction of sp³-hybridized carbons (Fsp3) is 0.389. The van der Waals surface area contributed by atoms with E-state index < -0.39 is 31.1 Å². The summed E-state index contributed by atoms with van der Waals surface area (Å²) in [5.41, 5.74) is 6.10. The molecule has 0 spiro atoms. The molecular weight excluding hydrogens is 420 g/mol. The summed E-state index contributed by atoms with van der Waals surface area (Å²) in [6.45, 7) is -0.0258. The Balaban J connectivity index is 1.60. The van der Waals surface area contributed by atoms with Gasteiger partial charge in [0.1, 0.15) is 36.4 Å². The minimum atomic E-state index is -2.79. The molecule has 31 heavy (non-hydrogen) atoms. The largest absolute Gasteiger partial charge is 0.491 e. The van der Waals surface area contributed by atoms with Gasteiger partial charge in [-0.15, -0.1) is 0 Å². The summed E-state index contributed by atoms with van der Waals surface area (Å²) in [6.07, 6.45) is -2.17. The SMILES string of the molecule is NC(=O)CNc1cc2c(c3c1OCO3)-c1nc(N3C(=O)OCC3C(F)F)cn1CCO2. The first-order valence-electron chi connectivity index (χ1n) is 9.37. The molecule has 3 N–H and O–H groups in total. The third kappa shape index (κ3) is 3.12. The van der Waals surface area contributed by atoms with Gasteiger partial charge in [0.15, 0.2) is 17.3 Å². The zero-order valence-electron chi connectivity index (χ0n) is 16.0. The number of fused-ring (bicyclic) bond motifs is 5. The summed E-state index contributed by atoms with van der Waals surface area (Å²) < 4.78 is 50.3. The highest BCUT2D eigenvalue weighted by Gasteiger charge is 2.42. The van der Waals surface area contributed by atoms with Crippen LogP contribution < -0.4 is 30.2 Å². The van der Waals surface area contributed by atoms with Crippen LogP contribution in [-0.4, -0.2) is 60.6 Å². The van der Waals surface area contributed by atoms with Crippen LogP contribution in [0, 0.1) is 0 Å². The van der Waals surface area contributed by atoms with Gasteiger partial charge in [0.05, 0.1) is 18.8 Å². The van der Waals surface area contributed by atoms with E-state index in [4.69, 9.17) is 24.7 Å². The maximum Gasteiger partial charge on any atom is 0.416 e. The number of ether oxygens (including phenoxy) is 4. The molecule has 13 heteroatoms. The van der Waals surface area contributed by atoms with Gasteiger partial charge in [-0.05, 0) is 0 Å². The minimum absolute atomic E-state index is 0.0410. The van der Waals surface area contributed by atoms with Gasteiger partial charge < -0.3 is 34.6 Å². The number of nitrogens with zero attached hydrogens (tertiary/aromatic N) is 3. The monoisotopic (exact) mass is 437 g/mol. The van der Waals surface area contributed by atoms with Gasteiger partial charge in [-0.3, -0.25) is 4.79 Å². The van der Waals surface area contributed by atoms with Gasteiger partial charge in [-0.1, -0.05) is 0 Å². The van der Waals surface area contributed by atoms with E-state index in [-0.39, 0.29) is 25.8 Å². The van der Waals surface area contributed by atoms with Gasteiger partial charge in [0, 0.05) is 12.3 Å². The Bertz CT molecular complexity index is 1070. The fourth-order valence-corrected chi connectivity index (χ4v) is 3.71. The predicted molar refractivity (Wildman–Crippen MR) is 101 cm³/mol. The lowest BCUT2D eigenvalue weighted by Crippen LogP contribution is -2.38. The van der Waals surface area contributed by atoms with Crippen molar-refractivity contribution in [1.82, 2.24) is 9.55 Å². The summed E-state index contributed by atoms with van der Waals surface area (Å²) in [5.74, 6) is 0.890. The van der Waals surface area contributed by atoms with Crippen LogP contribution in [0.5, 0.6) is 17.2 Å². The van der Waals surface area contributed by atoms with Crippen molar-refractivity contribution in [2.75, 3.05) is 36.8 Å².